The van der Waals surface area contributed by atoms with Crippen molar-refractivity contribution in [2.24, 2.45) is 0 Å². The van der Waals surface area contributed by atoms with Gasteiger partial charge in [0.15, 0.2) is 0 Å². The molecular formula is C24H25N5O4. The Morgan fingerprint density at radius 3 is 2.73 bits per heavy atom. The minimum Gasteiger partial charge on any atom is -0.350 e. The minimum atomic E-state index is -0.555. The summed E-state index contributed by atoms with van der Waals surface area (Å²) < 4.78 is 1.83. The van der Waals surface area contributed by atoms with Gasteiger partial charge in [0.05, 0.1) is 11.5 Å². The number of aryl methyl sites for hydroxylation is 1. The smallest absolute Gasteiger partial charge is 0.272 e. The Morgan fingerprint density at radius 1 is 1.18 bits per heavy atom. The summed E-state index contributed by atoms with van der Waals surface area (Å²) in [6, 6.07) is 13.5. The summed E-state index contributed by atoms with van der Waals surface area (Å²) in [7, 11) is 0. The lowest BCUT2D eigenvalue weighted by molar-refractivity contribution is -0.385. The van der Waals surface area contributed by atoms with Crippen molar-refractivity contribution in [1.29, 1.82) is 0 Å². The number of hydrogen-bond donors (Lipinski definition) is 1. The van der Waals surface area contributed by atoms with Crippen molar-refractivity contribution in [1.82, 2.24) is 20.0 Å². The van der Waals surface area contributed by atoms with Gasteiger partial charge < -0.3 is 10.2 Å². The van der Waals surface area contributed by atoms with Crippen LogP contribution in [0.1, 0.15) is 39.9 Å². The molecule has 1 fully saturated rings. The van der Waals surface area contributed by atoms with Crippen molar-refractivity contribution >= 4 is 17.5 Å². The van der Waals surface area contributed by atoms with Gasteiger partial charge in [0, 0.05) is 42.7 Å². The second kappa shape index (κ2) is 9.64. The third-order valence-electron chi connectivity index (χ3n) is 5.82. The second-order valence-corrected chi connectivity index (χ2v) is 8.16. The monoisotopic (exact) mass is 447 g/mol. The number of likely N-dealkylation sites (tertiary alicyclic amines) is 1. The normalized spacial score (nSPS) is 15.4. The van der Waals surface area contributed by atoms with Gasteiger partial charge in [-0.3, -0.25) is 24.4 Å². The molecule has 9 heteroatoms. The Kier molecular flexibility index (Phi) is 6.48. The number of amides is 2. The summed E-state index contributed by atoms with van der Waals surface area (Å²) in [5.74, 6) is -0.483. The van der Waals surface area contributed by atoms with E-state index in [2.05, 4.69) is 10.4 Å². The fourth-order valence-corrected chi connectivity index (χ4v) is 4.17. The molecule has 0 bridgehead atoms. The number of benzene rings is 2. The Balaban J connectivity index is 1.39. The highest BCUT2D eigenvalue weighted by Gasteiger charge is 2.34. The van der Waals surface area contributed by atoms with E-state index in [0.717, 1.165) is 17.5 Å². The van der Waals surface area contributed by atoms with Crippen molar-refractivity contribution in [3.8, 4) is 0 Å². The molecule has 3 aromatic rings. The molecular weight excluding hydrogens is 422 g/mol. The van der Waals surface area contributed by atoms with Crippen LogP contribution in [0.25, 0.3) is 0 Å². The van der Waals surface area contributed by atoms with Crippen LogP contribution in [0.2, 0.25) is 0 Å². The first-order valence-electron chi connectivity index (χ1n) is 10.8. The van der Waals surface area contributed by atoms with Crippen LogP contribution < -0.4 is 5.32 Å². The number of carbonyl (C=O) groups is 2. The molecule has 0 radical (unpaired) electrons. The molecule has 1 aliphatic rings. The molecule has 0 aliphatic carbocycles. The summed E-state index contributed by atoms with van der Waals surface area (Å²) in [5, 5.41) is 18.2. The largest absolute Gasteiger partial charge is 0.350 e. The number of nitrogens with one attached hydrogen (secondary N) is 1. The van der Waals surface area contributed by atoms with E-state index in [1.807, 2.05) is 41.2 Å². The summed E-state index contributed by atoms with van der Waals surface area (Å²) in [6.45, 7) is 3.09. The standard InChI is InChI=1S/C24H25N5O4/c1-17-13-20(8-9-21(17)29(32)33)24(31)28-12-3-7-22(28)23(30)25-15-18-5-2-6-19(14-18)16-27-11-4-10-26-27/h2,4-6,8-11,13-14,22H,3,7,12,15-16H2,1H3,(H,25,30). The zero-order valence-corrected chi connectivity index (χ0v) is 18.3. The highest BCUT2D eigenvalue weighted by Crippen LogP contribution is 2.24. The molecule has 1 aromatic heterocycles. The van der Waals surface area contributed by atoms with E-state index in [1.165, 1.54) is 18.2 Å². The number of hydrogen-bond acceptors (Lipinski definition) is 5. The SMILES string of the molecule is Cc1cc(C(=O)N2CCCC2C(=O)NCc2cccc(Cn3cccn3)c2)ccc1[N+](=O)[O-]. The zero-order valence-electron chi connectivity index (χ0n) is 18.3. The van der Waals surface area contributed by atoms with Gasteiger partial charge in [0.25, 0.3) is 11.6 Å². The highest BCUT2D eigenvalue weighted by atomic mass is 16.6. The Labute approximate surface area is 191 Å². The number of rotatable bonds is 7. The van der Waals surface area contributed by atoms with Gasteiger partial charge in [0.2, 0.25) is 5.91 Å². The molecule has 4 rings (SSSR count). The van der Waals surface area contributed by atoms with Crippen LogP contribution in [0.4, 0.5) is 5.69 Å². The van der Waals surface area contributed by atoms with Crippen molar-refractivity contribution in [3.63, 3.8) is 0 Å². The molecule has 2 aromatic carbocycles. The predicted octanol–water partition coefficient (Wildman–Crippen LogP) is 3.07. The fraction of sp³-hybridized carbons (Fsp3) is 0.292. The Hall–Kier alpha value is -4.01. The minimum absolute atomic E-state index is 0.0305. The van der Waals surface area contributed by atoms with Crippen LogP contribution in [-0.4, -0.2) is 44.0 Å². The van der Waals surface area contributed by atoms with Gasteiger partial charge in [-0.1, -0.05) is 24.3 Å². The van der Waals surface area contributed by atoms with Crippen LogP contribution in [-0.2, 0) is 17.9 Å². The predicted molar refractivity (Wildman–Crippen MR) is 122 cm³/mol. The van der Waals surface area contributed by atoms with Gasteiger partial charge in [-0.25, -0.2) is 0 Å². The molecule has 1 atom stereocenters. The fourth-order valence-electron chi connectivity index (χ4n) is 4.17. The zero-order chi connectivity index (χ0) is 23.4. The van der Waals surface area contributed by atoms with E-state index >= 15 is 0 Å². The summed E-state index contributed by atoms with van der Waals surface area (Å²) in [6.07, 6.45) is 4.95. The highest BCUT2D eigenvalue weighted by molar-refractivity contribution is 5.98. The van der Waals surface area contributed by atoms with Crippen molar-refractivity contribution in [3.05, 3.63) is 93.3 Å². The van der Waals surface area contributed by atoms with E-state index < -0.39 is 11.0 Å². The second-order valence-electron chi connectivity index (χ2n) is 8.16. The molecule has 170 valence electrons. The third-order valence-corrected chi connectivity index (χ3v) is 5.82. The van der Waals surface area contributed by atoms with Crippen molar-refractivity contribution in [2.75, 3.05) is 6.54 Å². The van der Waals surface area contributed by atoms with Crippen molar-refractivity contribution < 1.29 is 14.5 Å². The molecule has 1 unspecified atom stereocenters. The van der Waals surface area contributed by atoms with Gasteiger partial charge in [0.1, 0.15) is 6.04 Å². The first-order valence-corrected chi connectivity index (χ1v) is 10.8. The van der Waals surface area contributed by atoms with Crippen LogP contribution in [0.15, 0.2) is 60.9 Å². The molecule has 0 saturated carbocycles. The molecule has 33 heavy (non-hydrogen) atoms. The van der Waals surface area contributed by atoms with Gasteiger partial charge in [-0.05, 0) is 49.1 Å². The van der Waals surface area contributed by atoms with Crippen LogP contribution >= 0.6 is 0 Å². The third kappa shape index (κ3) is 5.08. The molecule has 2 heterocycles. The molecule has 9 nitrogen and oxygen atoms in total. The quantitative estimate of drug-likeness (QED) is 0.442. The number of nitrogens with zero attached hydrogens (tertiary/aromatic N) is 4. The number of aromatic nitrogens is 2. The van der Waals surface area contributed by atoms with Gasteiger partial charge in [-0.15, -0.1) is 0 Å². The Bertz CT molecular complexity index is 1180. The van der Waals surface area contributed by atoms with Crippen LogP contribution in [0.5, 0.6) is 0 Å². The first kappa shape index (κ1) is 22.2. The maximum Gasteiger partial charge on any atom is 0.272 e. The molecule has 0 spiro atoms. The maximum atomic E-state index is 13.0. The molecule has 1 aliphatic heterocycles. The van der Waals surface area contributed by atoms with E-state index in [-0.39, 0.29) is 17.5 Å². The lowest BCUT2D eigenvalue weighted by atomic mass is 10.1. The van der Waals surface area contributed by atoms with E-state index in [1.54, 1.807) is 18.0 Å². The molecule has 1 N–H and O–H groups in total. The average molecular weight is 447 g/mol. The molecule has 1 saturated heterocycles. The maximum absolute atomic E-state index is 13.0. The van der Waals surface area contributed by atoms with E-state index in [9.17, 15) is 19.7 Å². The van der Waals surface area contributed by atoms with E-state index in [4.69, 9.17) is 0 Å². The first-order chi connectivity index (χ1) is 15.9. The summed E-state index contributed by atoms with van der Waals surface area (Å²) >= 11 is 0. The van der Waals surface area contributed by atoms with Gasteiger partial charge >= 0.3 is 0 Å². The van der Waals surface area contributed by atoms with E-state index in [0.29, 0.717) is 37.2 Å². The molecule has 2 amide bonds. The van der Waals surface area contributed by atoms with Crippen LogP contribution in [0.3, 0.4) is 0 Å². The van der Waals surface area contributed by atoms with Crippen molar-refractivity contribution in [2.45, 2.75) is 38.9 Å². The van der Waals surface area contributed by atoms with Crippen LogP contribution in [0, 0.1) is 17.0 Å². The number of nitro groups is 1. The number of nitro benzene ring substituents is 1. The Morgan fingerprint density at radius 2 is 2.00 bits per heavy atom. The lowest BCUT2D eigenvalue weighted by Crippen LogP contribution is -2.45. The summed E-state index contributed by atoms with van der Waals surface area (Å²) in [4.78, 5) is 38.1. The van der Waals surface area contributed by atoms with Gasteiger partial charge in [-0.2, -0.15) is 5.10 Å². The summed E-state index contributed by atoms with van der Waals surface area (Å²) in [5.41, 5.74) is 2.79. The topological polar surface area (TPSA) is 110 Å². The lowest BCUT2D eigenvalue weighted by Gasteiger charge is -2.24. The number of carbonyl (C=O) groups excluding carboxylic acids is 2. The average Bonchev–Trinajstić information content (AvgIpc) is 3.49.